The van der Waals surface area contributed by atoms with Gasteiger partial charge in [0.25, 0.3) is 0 Å². The zero-order valence-electron chi connectivity index (χ0n) is 15.4. The molecule has 25 heavy (non-hydrogen) atoms. The second kappa shape index (κ2) is 10.9. The van der Waals surface area contributed by atoms with Crippen LogP contribution in [0.1, 0.15) is 50.2 Å². The fraction of sp³-hybridized carbons (Fsp3) is 0.706. The van der Waals surface area contributed by atoms with E-state index in [1.54, 1.807) is 11.3 Å². The number of hydrogen-bond donors (Lipinski definition) is 1. The van der Waals surface area contributed by atoms with E-state index in [0.29, 0.717) is 12.5 Å². The van der Waals surface area contributed by atoms with Crippen LogP contribution < -0.4 is 5.32 Å². The number of rotatable bonds is 5. The molecule has 1 N–H and O–H groups in total. The van der Waals surface area contributed by atoms with E-state index in [1.807, 2.05) is 0 Å². The molecule has 0 aliphatic carbocycles. The van der Waals surface area contributed by atoms with Gasteiger partial charge in [-0.1, -0.05) is 13.8 Å². The van der Waals surface area contributed by atoms with Crippen molar-refractivity contribution < 1.29 is 9.53 Å². The molecule has 1 aliphatic rings. The summed E-state index contributed by atoms with van der Waals surface area (Å²) >= 11 is 1.70. The number of aromatic nitrogens is 1. The summed E-state index contributed by atoms with van der Waals surface area (Å²) in [5.41, 5.74) is 1.02. The predicted octanol–water partition coefficient (Wildman–Crippen LogP) is 3.24. The quantitative estimate of drug-likeness (QED) is 0.304. The normalized spacial score (nSPS) is 15.9. The highest BCUT2D eigenvalue weighted by Gasteiger charge is 2.26. The molecule has 1 fully saturated rings. The van der Waals surface area contributed by atoms with Gasteiger partial charge < -0.3 is 15.0 Å². The van der Waals surface area contributed by atoms with Gasteiger partial charge in [0, 0.05) is 30.9 Å². The summed E-state index contributed by atoms with van der Waals surface area (Å²) in [5, 5.41) is 6.59. The molecule has 0 saturated carbocycles. The molecule has 6 nitrogen and oxygen atoms in total. The Bertz CT molecular complexity index is 569. The lowest BCUT2D eigenvalue weighted by atomic mass is 9.97. The van der Waals surface area contributed by atoms with E-state index in [9.17, 15) is 4.79 Å². The molecule has 142 valence electrons. The molecule has 1 aromatic rings. The highest BCUT2D eigenvalue weighted by molar-refractivity contribution is 14.0. The maximum Gasteiger partial charge on any atom is 0.308 e. The van der Waals surface area contributed by atoms with Crippen molar-refractivity contribution in [2.24, 2.45) is 10.9 Å². The summed E-state index contributed by atoms with van der Waals surface area (Å²) in [7, 11) is 1.46. The van der Waals surface area contributed by atoms with Gasteiger partial charge in [0.15, 0.2) is 5.96 Å². The third-order valence-electron chi connectivity index (χ3n) is 4.12. The Balaban J connectivity index is 0.00000312. The Kier molecular flexibility index (Phi) is 9.70. The lowest BCUT2D eigenvalue weighted by Gasteiger charge is -2.33. The molecule has 1 saturated heterocycles. The Labute approximate surface area is 171 Å². The van der Waals surface area contributed by atoms with Crippen LogP contribution in [0.5, 0.6) is 0 Å². The van der Waals surface area contributed by atoms with Gasteiger partial charge in [-0.25, -0.2) is 9.98 Å². The summed E-state index contributed by atoms with van der Waals surface area (Å²) in [6.45, 7) is 9.42. The third-order valence-corrected chi connectivity index (χ3v) is 5.31. The van der Waals surface area contributed by atoms with Crippen LogP contribution >= 0.6 is 35.3 Å². The van der Waals surface area contributed by atoms with Crippen LogP contribution in [0.15, 0.2) is 10.4 Å². The molecule has 0 atom stereocenters. The number of piperidine rings is 1. The maximum absolute atomic E-state index is 11.6. The number of nitrogens with zero attached hydrogens (tertiary/aromatic N) is 3. The van der Waals surface area contributed by atoms with Crippen LogP contribution in [0.3, 0.4) is 0 Å². The Morgan fingerprint density at radius 3 is 2.68 bits per heavy atom. The number of likely N-dealkylation sites (tertiary alicyclic amines) is 1. The highest BCUT2D eigenvalue weighted by atomic mass is 127. The third kappa shape index (κ3) is 6.40. The van der Waals surface area contributed by atoms with Crippen molar-refractivity contribution in [1.82, 2.24) is 15.2 Å². The van der Waals surface area contributed by atoms with Gasteiger partial charge in [-0.3, -0.25) is 4.79 Å². The van der Waals surface area contributed by atoms with Gasteiger partial charge in [-0.15, -0.1) is 35.3 Å². The number of carbonyl (C=O) groups excluding carboxylic acids is 1. The number of thiazole rings is 1. The fourth-order valence-electron chi connectivity index (χ4n) is 2.74. The maximum atomic E-state index is 11.6. The number of guanidine groups is 1. The smallest absolute Gasteiger partial charge is 0.308 e. The van der Waals surface area contributed by atoms with Crippen LogP contribution in [-0.4, -0.2) is 48.6 Å². The minimum Gasteiger partial charge on any atom is -0.469 e. The Morgan fingerprint density at radius 2 is 2.16 bits per heavy atom. The molecule has 0 spiro atoms. The van der Waals surface area contributed by atoms with Crippen molar-refractivity contribution in [1.29, 1.82) is 0 Å². The largest absolute Gasteiger partial charge is 0.469 e. The zero-order chi connectivity index (χ0) is 17.5. The second-order valence-corrected chi connectivity index (χ2v) is 7.18. The van der Waals surface area contributed by atoms with Crippen molar-refractivity contribution in [3.63, 3.8) is 0 Å². The molecule has 0 amide bonds. The van der Waals surface area contributed by atoms with E-state index in [4.69, 9.17) is 9.73 Å². The van der Waals surface area contributed by atoms with Crippen LogP contribution in [0.25, 0.3) is 0 Å². The fourth-order valence-corrected chi connectivity index (χ4v) is 3.56. The molecule has 8 heteroatoms. The second-order valence-electron chi connectivity index (χ2n) is 6.29. The molecular weight excluding hydrogens is 451 g/mol. The van der Waals surface area contributed by atoms with Crippen LogP contribution in [0.2, 0.25) is 0 Å². The van der Waals surface area contributed by atoms with E-state index in [1.165, 1.54) is 7.11 Å². The van der Waals surface area contributed by atoms with E-state index in [0.717, 1.165) is 49.1 Å². The van der Waals surface area contributed by atoms with E-state index in [2.05, 4.69) is 41.4 Å². The summed E-state index contributed by atoms with van der Waals surface area (Å²) < 4.78 is 4.85. The number of hydrogen-bond acceptors (Lipinski definition) is 5. The molecule has 1 aliphatic heterocycles. The summed E-state index contributed by atoms with van der Waals surface area (Å²) in [4.78, 5) is 23.2. The minimum atomic E-state index is -0.0970. The Morgan fingerprint density at radius 1 is 1.48 bits per heavy atom. The number of aliphatic imine (C=N–C) groups is 1. The summed E-state index contributed by atoms with van der Waals surface area (Å²) in [6, 6.07) is 0. The van der Waals surface area contributed by atoms with Gasteiger partial charge in [0.05, 0.1) is 30.3 Å². The van der Waals surface area contributed by atoms with Crippen molar-refractivity contribution in [3.8, 4) is 0 Å². The number of nitrogens with one attached hydrogen (secondary N) is 1. The molecule has 0 radical (unpaired) electrons. The van der Waals surface area contributed by atoms with Gasteiger partial charge in [-0.2, -0.15) is 0 Å². The van der Waals surface area contributed by atoms with E-state index < -0.39 is 0 Å². The first-order valence-corrected chi connectivity index (χ1v) is 9.48. The van der Waals surface area contributed by atoms with Gasteiger partial charge >= 0.3 is 5.97 Å². The SMILES string of the molecule is CCNC(=NCc1csc(C(C)C)n1)N1CCC(C(=O)OC)CC1.I. The summed E-state index contributed by atoms with van der Waals surface area (Å²) in [5.74, 6) is 1.28. The first-order chi connectivity index (χ1) is 11.5. The highest BCUT2D eigenvalue weighted by Crippen LogP contribution is 2.20. The van der Waals surface area contributed by atoms with Gasteiger partial charge in [0.2, 0.25) is 0 Å². The monoisotopic (exact) mass is 480 g/mol. The molecule has 2 rings (SSSR count). The van der Waals surface area contributed by atoms with E-state index in [-0.39, 0.29) is 35.9 Å². The van der Waals surface area contributed by atoms with Gasteiger partial charge in [0.1, 0.15) is 0 Å². The Hall–Kier alpha value is -0.900. The molecule has 0 bridgehead atoms. The molecule has 0 aromatic carbocycles. The van der Waals surface area contributed by atoms with Crippen LogP contribution in [0, 0.1) is 5.92 Å². The minimum absolute atomic E-state index is 0. The molecule has 0 unspecified atom stereocenters. The van der Waals surface area contributed by atoms with E-state index >= 15 is 0 Å². The number of esters is 1. The average Bonchev–Trinajstić information content (AvgIpc) is 3.07. The standard InChI is InChI=1S/C17H28N4O2S.HI/c1-5-18-17(19-10-14-11-24-15(20-14)12(2)3)21-8-6-13(7-9-21)16(22)23-4;/h11-13H,5-10H2,1-4H3,(H,18,19);1H. The summed E-state index contributed by atoms with van der Waals surface area (Å²) in [6.07, 6.45) is 1.62. The van der Waals surface area contributed by atoms with Crippen molar-refractivity contribution in [2.45, 2.75) is 46.1 Å². The van der Waals surface area contributed by atoms with Crippen molar-refractivity contribution in [3.05, 3.63) is 16.1 Å². The number of halogens is 1. The number of carbonyl (C=O) groups is 1. The zero-order valence-corrected chi connectivity index (χ0v) is 18.6. The molecule has 2 heterocycles. The average molecular weight is 480 g/mol. The first kappa shape index (κ1) is 22.1. The van der Waals surface area contributed by atoms with Crippen LogP contribution in [0.4, 0.5) is 0 Å². The van der Waals surface area contributed by atoms with Crippen molar-refractivity contribution in [2.75, 3.05) is 26.7 Å². The topological polar surface area (TPSA) is 66.8 Å². The van der Waals surface area contributed by atoms with Crippen LogP contribution in [-0.2, 0) is 16.1 Å². The van der Waals surface area contributed by atoms with Crippen molar-refractivity contribution >= 4 is 47.2 Å². The lowest BCUT2D eigenvalue weighted by Crippen LogP contribution is -2.46. The predicted molar refractivity (Wildman–Crippen MR) is 113 cm³/mol. The molecular formula is C17H29IN4O2S. The van der Waals surface area contributed by atoms with Gasteiger partial charge in [-0.05, 0) is 19.8 Å². The lowest BCUT2D eigenvalue weighted by molar-refractivity contribution is -0.146. The molecule has 1 aromatic heterocycles. The number of ether oxygens (including phenoxy) is 1. The first-order valence-electron chi connectivity index (χ1n) is 8.60. The number of methoxy groups -OCH3 is 1.